The highest BCUT2D eigenvalue weighted by atomic mass is 19.1. The van der Waals surface area contributed by atoms with Gasteiger partial charge in [0.25, 0.3) is 0 Å². The molecule has 0 radical (unpaired) electrons. The molecular weight excluding hydrogens is 359 g/mol. The molecule has 0 aromatic heterocycles. The number of hydrogen-bond acceptors (Lipinski definition) is 1. The van der Waals surface area contributed by atoms with E-state index >= 15 is 0 Å². The van der Waals surface area contributed by atoms with Gasteiger partial charge in [-0.1, -0.05) is 44.1 Å². The van der Waals surface area contributed by atoms with E-state index in [0.717, 1.165) is 48.9 Å². The van der Waals surface area contributed by atoms with E-state index in [1.807, 2.05) is 6.08 Å². The molecule has 162 valence electrons. The molecule has 3 rings (SSSR count). The predicted octanol–water partition coefficient (Wildman–Crippen LogP) is 8.25. The third kappa shape index (κ3) is 7.15. The van der Waals surface area contributed by atoms with Crippen molar-refractivity contribution in [3.05, 3.63) is 42.0 Å². The number of hydrogen-bond donors (Lipinski definition) is 0. The molecule has 2 fully saturated rings. The van der Waals surface area contributed by atoms with Gasteiger partial charge in [0, 0.05) is 0 Å². The highest BCUT2D eigenvalue weighted by Crippen LogP contribution is 2.44. The van der Waals surface area contributed by atoms with Crippen molar-refractivity contribution < 1.29 is 9.13 Å². The van der Waals surface area contributed by atoms with Crippen molar-refractivity contribution in [1.82, 2.24) is 0 Å². The molecule has 2 saturated carbocycles. The number of ether oxygens (including phenoxy) is 1. The maximum Gasteiger partial charge on any atom is 0.119 e. The molecule has 2 aliphatic carbocycles. The molecule has 2 heteroatoms. The third-order valence-electron chi connectivity index (χ3n) is 7.34. The molecule has 0 aliphatic heterocycles. The lowest BCUT2D eigenvalue weighted by molar-refractivity contribution is 0.157. The summed E-state index contributed by atoms with van der Waals surface area (Å²) in [6.45, 7) is 2.74. The van der Waals surface area contributed by atoms with Gasteiger partial charge in [-0.2, -0.15) is 0 Å². The van der Waals surface area contributed by atoms with Crippen LogP contribution < -0.4 is 4.74 Å². The van der Waals surface area contributed by atoms with Crippen LogP contribution >= 0.6 is 0 Å². The summed E-state index contributed by atoms with van der Waals surface area (Å²) < 4.78 is 17.8. The van der Waals surface area contributed by atoms with Crippen molar-refractivity contribution in [2.75, 3.05) is 13.3 Å². The van der Waals surface area contributed by atoms with Crippen molar-refractivity contribution in [3.8, 4) is 5.75 Å². The van der Waals surface area contributed by atoms with Gasteiger partial charge >= 0.3 is 0 Å². The smallest absolute Gasteiger partial charge is 0.119 e. The van der Waals surface area contributed by atoms with Gasteiger partial charge in [0.05, 0.1) is 13.3 Å². The lowest BCUT2D eigenvalue weighted by Gasteiger charge is -2.38. The van der Waals surface area contributed by atoms with Gasteiger partial charge < -0.3 is 4.74 Å². The Morgan fingerprint density at radius 1 is 0.862 bits per heavy atom. The fourth-order valence-corrected chi connectivity index (χ4v) is 5.56. The maximum absolute atomic E-state index is 12.1. The summed E-state index contributed by atoms with van der Waals surface area (Å²) in [5.74, 6) is 4.60. The van der Waals surface area contributed by atoms with E-state index in [9.17, 15) is 4.39 Å². The van der Waals surface area contributed by atoms with Crippen molar-refractivity contribution in [2.45, 2.75) is 89.9 Å². The lowest BCUT2D eigenvalue weighted by atomic mass is 9.68. The summed E-state index contributed by atoms with van der Waals surface area (Å²) in [6.07, 6.45) is 19.6. The first-order valence-corrected chi connectivity index (χ1v) is 12.2. The van der Waals surface area contributed by atoms with Crippen LogP contribution in [0.3, 0.4) is 0 Å². The Kier molecular flexibility index (Phi) is 9.57. The Labute approximate surface area is 178 Å². The van der Waals surface area contributed by atoms with E-state index in [0.29, 0.717) is 6.42 Å². The van der Waals surface area contributed by atoms with Crippen LogP contribution in [0.2, 0.25) is 0 Å². The van der Waals surface area contributed by atoms with Crippen molar-refractivity contribution in [2.24, 2.45) is 17.8 Å². The molecule has 1 aromatic carbocycles. The monoisotopic (exact) mass is 400 g/mol. The molecule has 0 heterocycles. The Bertz CT molecular complexity index is 577. The molecule has 0 atom stereocenters. The molecule has 0 saturated heterocycles. The number of rotatable bonds is 10. The Hall–Kier alpha value is -1.31. The summed E-state index contributed by atoms with van der Waals surface area (Å²) in [5, 5.41) is 0. The summed E-state index contributed by atoms with van der Waals surface area (Å²) >= 11 is 0. The Balaban J connectivity index is 1.36. The van der Waals surface area contributed by atoms with Gasteiger partial charge in [0.2, 0.25) is 0 Å². The van der Waals surface area contributed by atoms with Crippen LogP contribution in [0.1, 0.15) is 95.5 Å². The van der Waals surface area contributed by atoms with Crippen LogP contribution in [0.15, 0.2) is 36.4 Å². The minimum atomic E-state index is -0.220. The standard InChI is InChI=1S/C27H41FO/c1-2-21-29-27-18-16-26(17-19-27)25-14-12-24(13-15-25)23-10-8-22(9-11-23)7-5-3-4-6-20-28/h3-4,16-19,22-25H,2,5-15,20-21H2,1H3/t22-,23-,24-,25-. The van der Waals surface area contributed by atoms with Crippen molar-refractivity contribution in [3.63, 3.8) is 0 Å². The van der Waals surface area contributed by atoms with Gasteiger partial charge in [0.15, 0.2) is 0 Å². The first-order valence-electron chi connectivity index (χ1n) is 12.2. The number of halogens is 1. The van der Waals surface area contributed by atoms with E-state index < -0.39 is 0 Å². The molecule has 0 amide bonds. The molecule has 0 spiro atoms. The van der Waals surface area contributed by atoms with Crippen molar-refractivity contribution in [1.29, 1.82) is 0 Å². The zero-order valence-corrected chi connectivity index (χ0v) is 18.5. The van der Waals surface area contributed by atoms with Crippen LogP contribution in [0.25, 0.3) is 0 Å². The quantitative estimate of drug-likeness (QED) is 0.359. The fraction of sp³-hybridized carbons (Fsp3) is 0.704. The van der Waals surface area contributed by atoms with E-state index in [-0.39, 0.29) is 6.67 Å². The molecule has 1 nitrogen and oxygen atoms in total. The number of alkyl halides is 1. The van der Waals surface area contributed by atoms with Gasteiger partial charge in [-0.3, -0.25) is 4.39 Å². The molecule has 0 bridgehead atoms. The van der Waals surface area contributed by atoms with Gasteiger partial charge in [-0.25, -0.2) is 0 Å². The van der Waals surface area contributed by atoms with Crippen LogP contribution in [-0.2, 0) is 0 Å². The maximum atomic E-state index is 12.1. The topological polar surface area (TPSA) is 9.23 Å². The largest absolute Gasteiger partial charge is 0.494 e. The van der Waals surface area contributed by atoms with Crippen LogP contribution in [-0.4, -0.2) is 13.3 Å². The normalized spacial score (nSPS) is 27.9. The summed E-state index contributed by atoms with van der Waals surface area (Å²) in [6, 6.07) is 8.91. The van der Waals surface area contributed by atoms with E-state index in [1.165, 1.54) is 63.4 Å². The zero-order valence-electron chi connectivity index (χ0n) is 18.5. The van der Waals surface area contributed by atoms with Crippen molar-refractivity contribution >= 4 is 0 Å². The van der Waals surface area contributed by atoms with Crippen LogP contribution in [0.4, 0.5) is 4.39 Å². The lowest BCUT2D eigenvalue weighted by Crippen LogP contribution is -2.25. The van der Waals surface area contributed by atoms with Gasteiger partial charge in [-0.15, -0.1) is 0 Å². The number of benzene rings is 1. The third-order valence-corrected chi connectivity index (χ3v) is 7.34. The fourth-order valence-electron chi connectivity index (χ4n) is 5.56. The molecule has 0 unspecified atom stereocenters. The minimum absolute atomic E-state index is 0.220. The highest BCUT2D eigenvalue weighted by Gasteiger charge is 2.31. The average Bonchev–Trinajstić information content (AvgIpc) is 2.78. The second kappa shape index (κ2) is 12.4. The summed E-state index contributed by atoms with van der Waals surface area (Å²) in [7, 11) is 0. The molecular formula is C27H41FO. The summed E-state index contributed by atoms with van der Waals surface area (Å²) in [5.41, 5.74) is 1.51. The Morgan fingerprint density at radius 3 is 2.10 bits per heavy atom. The minimum Gasteiger partial charge on any atom is -0.494 e. The van der Waals surface area contributed by atoms with Gasteiger partial charge in [-0.05, 0) is 106 Å². The average molecular weight is 401 g/mol. The van der Waals surface area contributed by atoms with Gasteiger partial charge in [0.1, 0.15) is 5.75 Å². The predicted molar refractivity (Wildman–Crippen MR) is 121 cm³/mol. The van der Waals surface area contributed by atoms with E-state index in [4.69, 9.17) is 4.74 Å². The molecule has 29 heavy (non-hydrogen) atoms. The second-order valence-corrected chi connectivity index (χ2v) is 9.34. The van der Waals surface area contributed by atoms with Crippen LogP contribution in [0, 0.1) is 17.8 Å². The molecule has 0 N–H and O–H groups in total. The van der Waals surface area contributed by atoms with E-state index in [2.05, 4.69) is 37.3 Å². The second-order valence-electron chi connectivity index (χ2n) is 9.34. The first-order chi connectivity index (χ1) is 14.3. The first kappa shape index (κ1) is 22.4. The highest BCUT2D eigenvalue weighted by molar-refractivity contribution is 5.29. The molecule has 1 aromatic rings. The SMILES string of the molecule is CCCOc1ccc([C@H]2CC[C@H]([C@H]3CC[C@H](CCC=CCCF)CC3)CC2)cc1. The van der Waals surface area contributed by atoms with Crippen LogP contribution in [0.5, 0.6) is 5.75 Å². The number of allylic oxidation sites excluding steroid dienone is 2. The molecule has 2 aliphatic rings. The summed E-state index contributed by atoms with van der Waals surface area (Å²) in [4.78, 5) is 0. The zero-order chi connectivity index (χ0) is 20.3. The Morgan fingerprint density at radius 2 is 1.48 bits per heavy atom. The van der Waals surface area contributed by atoms with E-state index in [1.54, 1.807) is 0 Å².